The lowest BCUT2D eigenvalue weighted by Crippen LogP contribution is -2.32. The van der Waals surface area contributed by atoms with Crippen molar-refractivity contribution in [2.24, 2.45) is 0 Å². The van der Waals surface area contributed by atoms with Gasteiger partial charge in [-0.25, -0.2) is 4.79 Å². The largest absolute Gasteiger partial charge is 0.444 e. The van der Waals surface area contributed by atoms with E-state index in [1.165, 1.54) is 0 Å². The molecule has 0 saturated carbocycles. The third-order valence-corrected chi connectivity index (χ3v) is 3.57. The van der Waals surface area contributed by atoms with Crippen molar-refractivity contribution in [2.75, 3.05) is 6.54 Å². The van der Waals surface area contributed by atoms with Crippen molar-refractivity contribution in [1.82, 2.24) is 5.32 Å². The average Bonchev–Trinajstić information content (AvgIpc) is 2.46. The second-order valence-electron chi connectivity index (χ2n) is 6.81. The predicted octanol–water partition coefficient (Wildman–Crippen LogP) is 4.13. The van der Waals surface area contributed by atoms with Crippen LogP contribution < -0.4 is 5.32 Å². The van der Waals surface area contributed by atoms with E-state index in [1.54, 1.807) is 0 Å². The monoisotopic (exact) mass is 315 g/mol. The molecule has 1 aliphatic rings. The van der Waals surface area contributed by atoms with E-state index in [2.05, 4.69) is 5.32 Å². The highest BCUT2D eigenvalue weighted by atomic mass is 16.6. The number of ketones is 1. The van der Waals surface area contributed by atoms with Gasteiger partial charge in [0.2, 0.25) is 0 Å². The Bertz CT molecular complexity index is 612. The minimum atomic E-state index is -0.477. The van der Waals surface area contributed by atoms with Gasteiger partial charge in [-0.3, -0.25) is 4.79 Å². The molecule has 2 rings (SSSR count). The Hall–Kier alpha value is -2.10. The standard InChI is InChI=1S/C19H25NO3/c1-19(2,3)23-18(22)20-12-5-4-7-14-10-11-15-8-6-9-17(21)16(15)13-14/h4,7,10-11,13H,5-6,8-9,12H2,1-3H3,(H,20,22). The summed E-state index contributed by atoms with van der Waals surface area (Å²) in [6, 6.07) is 6.05. The van der Waals surface area contributed by atoms with Crippen molar-refractivity contribution >= 4 is 18.0 Å². The van der Waals surface area contributed by atoms with Crippen LogP contribution in [-0.2, 0) is 11.2 Å². The van der Waals surface area contributed by atoms with Crippen LogP contribution in [0.25, 0.3) is 6.08 Å². The third-order valence-electron chi connectivity index (χ3n) is 3.57. The molecule has 0 bridgehead atoms. The van der Waals surface area contributed by atoms with Crippen LogP contribution in [0.1, 0.15) is 61.5 Å². The number of amides is 1. The first kappa shape index (κ1) is 17.3. The molecule has 0 aliphatic heterocycles. The number of aryl methyl sites for hydroxylation is 1. The summed E-state index contributed by atoms with van der Waals surface area (Å²) in [5.74, 6) is 0.244. The van der Waals surface area contributed by atoms with Gasteiger partial charge < -0.3 is 10.1 Å². The topological polar surface area (TPSA) is 55.4 Å². The Morgan fingerprint density at radius 3 is 2.83 bits per heavy atom. The first-order valence-electron chi connectivity index (χ1n) is 8.15. The molecule has 0 heterocycles. The Kier molecular flexibility index (Phi) is 5.59. The van der Waals surface area contributed by atoms with Crippen molar-refractivity contribution in [3.63, 3.8) is 0 Å². The lowest BCUT2D eigenvalue weighted by molar-refractivity contribution is 0.0528. The van der Waals surface area contributed by atoms with Crippen LogP contribution in [0.3, 0.4) is 0 Å². The van der Waals surface area contributed by atoms with Crippen LogP contribution >= 0.6 is 0 Å². The van der Waals surface area contributed by atoms with E-state index >= 15 is 0 Å². The number of benzene rings is 1. The van der Waals surface area contributed by atoms with Crippen molar-refractivity contribution in [3.05, 3.63) is 41.0 Å². The Labute approximate surface area is 137 Å². The Balaban J connectivity index is 1.81. The molecule has 0 spiro atoms. The molecule has 1 aromatic rings. The summed E-state index contributed by atoms with van der Waals surface area (Å²) >= 11 is 0. The number of hydrogen-bond acceptors (Lipinski definition) is 3. The molecule has 1 aliphatic carbocycles. The fourth-order valence-electron chi connectivity index (χ4n) is 2.54. The quantitative estimate of drug-likeness (QED) is 0.850. The van der Waals surface area contributed by atoms with E-state index in [4.69, 9.17) is 4.74 Å². The maximum absolute atomic E-state index is 11.9. The first-order valence-corrected chi connectivity index (χ1v) is 8.15. The zero-order valence-corrected chi connectivity index (χ0v) is 14.1. The van der Waals surface area contributed by atoms with Gasteiger partial charge in [0.15, 0.2) is 5.78 Å². The van der Waals surface area contributed by atoms with Crippen molar-refractivity contribution in [2.45, 2.75) is 52.1 Å². The van der Waals surface area contributed by atoms with E-state index in [1.807, 2.05) is 51.1 Å². The molecular weight excluding hydrogens is 290 g/mol. The van der Waals surface area contributed by atoms with Crippen LogP contribution in [0.2, 0.25) is 0 Å². The maximum Gasteiger partial charge on any atom is 0.407 e. The molecule has 0 aromatic heterocycles. The second-order valence-corrected chi connectivity index (χ2v) is 6.81. The highest BCUT2D eigenvalue weighted by molar-refractivity contribution is 5.98. The maximum atomic E-state index is 11.9. The second kappa shape index (κ2) is 7.44. The van der Waals surface area contributed by atoms with E-state index in [0.29, 0.717) is 19.4 Å². The number of carbonyl (C=O) groups excluding carboxylic acids is 2. The fraction of sp³-hybridized carbons (Fsp3) is 0.474. The first-order chi connectivity index (χ1) is 10.8. The molecule has 124 valence electrons. The number of alkyl carbamates (subject to hydrolysis) is 1. The molecular formula is C19H25NO3. The number of hydrogen-bond donors (Lipinski definition) is 1. The van der Waals surface area contributed by atoms with Crippen LogP contribution in [0.4, 0.5) is 4.79 Å². The molecule has 0 fully saturated rings. The van der Waals surface area contributed by atoms with E-state index in [0.717, 1.165) is 29.5 Å². The Morgan fingerprint density at radius 2 is 2.09 bits per heavy atom. The lowest BCUT2D eigenvalue weighted by atomic mass is 9.89. The van der Waals surface area contributed by atoms with Crippen LogP contribution in [0.15, 0.2) is 24.3 Å². The van der Waals surface area contributed by atoms with Gasteiger partial charge in [0.1, 0.15) is 5.60 Å². The molecule has 1 amide bonds. The molecule has 0 saturated heterocycles. The van der Waals surface area contributed by atoms with E-state index in [9.17, 15) is 9.59 Å². The van der Waals surface area contributed by atoms with Gasteiger partial charge in [-0.05, 0) is 57.2 Å². The third kappa shape index (κ3) is 5.55. The van der Waals surface area contributed by atoms with Crippen molar-refractivity contribution in [3.8, 4) is 0 Å². The minimum Gasteiger partial charge on any atom is -0.444 e. The van der Waals surface area contributed by atoms with Gasteiger partial charge in [0, 0.05) is 18.5 Å². The molecule has 4 heteroatoms. The number of fused-ring (bicyclic) bond motifs is 1. The summed E-state index contributed by atoms with van der Waals surface area (Å²) < 4.78 is 5.16. The molecule has 0 atom stereocenters. The van der Waals surface area contributed by atoms with Gasteiger partial charge in [-0.15, -0.1) is 0 Å². The summed E-state index contributed by atoms with van der Waals surface area (Å²) in [4.78, 5) is 23.4. The smallest absolute Gasteiger partial charge is 0.407 e. The Morgan fingerprint density at radius 1 is 1.30 bits per heavy atom. The molecule has 1 N–H and O–H groups in total. The van der Waals surface area contributed by atoms with Gasteiger partial charge >= 0.3 is 6.09 Å². The van der Waals surface area contributed by atoms with Gasteiger partial charge in [0.25, 0.3) is 0 Å². The summed E-state index contributed by atoms with van der Waals surface area (Å²) in [5.41, 5.74) is 2.57. The van der Waals surface area contributed by atoms with Crippen LogP contribution in [0, 0.1) is 0 Å². The molecule has 0 unspecified atom stereocenters. The van der Waals surface area contributed by atoms with Gasteiger partial charge in [-0.2, -0.15) is 0 Å². The zero-order chi connectivity index (χ0) is 16.9. The van der Waals surface area contributed by atoms with E-state index < -0.39 is 11.7 Å². The lowest BCUT2D eigenvalue weighted by Gasteiger charge is -2.19. The summed E-state index contributed by atoms with van der Waals surface area (Å²) in [7, 11) is 0. The van der Waals surface area contributed by atoms with E-state index in [-0.39, 0.29) is 5.78 Å². The normalized spacial score (nSPS) is 14.7. The average molecular weight is 315 g/mol. The number of nitrogens with one attached hydrogen (secondary N) is 1. The molecule has 23 heavy (non-hydrogen) atoms. The SMILES string of the molecule is CC(C)(C)OC(=O)NCCC=Cc1ccc2c(c1)C(=O)CCC2. The fourth-order valence-corrected chi connectivity index (χ4v) is 2.54. The number of carbonyl (C=O) groups is 2. The van der Waals surface area contributed by atoms with Crippen molar-refractivity contribution < 1.29 is 14.3 Å². The molecule has 4 nitrogen and oxygen atoms in total. The summed E-state index contributed by atoms with van der Waals surface area (Å²) in [6.07, 6.45) is 6.89. The highest BCUT2D eigenvalue weighted by Crippen LogP contribution is 2.22. The highest BCUT2D eigenvalue weighted by Gasteiger charge is 2.17. The van der Waals surface area contributed by atoms with Crippen LogP contribution in [0.5, 0.6) is 0 Å². The van der Waals surface area contributed by atoms with Gasteiger partial charge in [0.05, 0.1) is 0 Å². The van der Waals surface area contributed by atoms with Gasteiger partial charge in [-0.1, -0.05) is 24.3 Å². The van der Waals surface area contributed by atoms with Crippen molar-refractivity contribution in [1.29, 1.82) is 0 Å². The predicted molar refractivity (Wildman–Crippen MR) is 91.6 cm³/mol. The number of rotatable bonds is 4. The molecule has 1 aromatic carbocycles. The zero-order valence-electron chi connectivity index (χ0n) is 14.1. The molecule has 0 radical (unpaired) electrons. The number of ether oxygens (including phenoxy) is 1. The summed E-state index contributed by atoms with van der Waals surface area (Å²) in [5, 5.41) is 2.72. The number of Topliss-reactive ketones (excluding diaryl/α,β-unsaturated/α-hetero) is 1. The van der Waals surface area contributed by atoms with Crippen LogP contribution in [-0.4, -0.2) is 24.0 Å². The minimum absolute atomic E-state index is 0.244. The summed E-state index contributed by atoms with van der Waals surface area (Å²) in [6.45, 7) is 6.03.